The number of aryl methyl sites for hydroxylation is 1. The van der Waals surface area contributed by atoms with Gasteiger partial charge in [-0.1, -0.05) is 19.8 Å². The van der Waals surface area contributed by atoms with Crippen molar-refractivity contribution in [2.75, 3.05) is 6.61 Å². The van der Waals surface area contributed by atoms with Crippen molar-refractivity contribution < 1.29 is 13.9 Å². The summed E-state index contributed by atoms with van der Waals surface area (Å²) < 4.78 is 10.8. The van der Waals surface area contributed by atoms with E-state index in [9.17, 15) is 4.79 Å². The van der Waals surface area contributed by atoms with E-state index >= 15 is 0 Å². The molecule has 1 rings (SSSR count). The molecule has 0 saturated carbocycles. The van der Waals surface area contributed by atoms with E-state index < -0.39 is 5.91 Å². The second-order valence-corrected chi connectivity index (χ2v) is 3.96. The molecule has 0 unspecified atom stereocenters. The minimum Gasteiger partial charge on any atom is -0.453 e. The zero-order valence-corrected chi connectivity index (χ0v) is 10.4. The smallest absolute Gasteiger partial charge is 0.301 e. The molecule has 0 aliphatic rings. The molecule has 0 atom stereocenters. The SMILES string of the molecule is CCCCCOCc1cc(C)c(C(=O)NN)o1. The molecule has 0 aromatic carbocycles. The highest BCUT2D eigenvalue weighted by molar-refractivity contribution is 5.92. The molecule has 1 amide bonds. The summed E-state index contributed by atoms with van der Waals surface area (Å²) >= 11 is 0. The van der Waals surface area contributed by atoms with E-state index in [-0.39, 0.29) is 5.76 Å². The van der Waals surface area contributed by atoms with Crippen molar-refractivity contribution in [3.05, 3.63) is 23.2 Å². The van der Waals surface area contributed by atoms with Crippen molar-refractivity contribution in [1.29, 1.82) is 0 Å². The highest BCUT2D eigenvalue weighted by Gasteiger charge is 2.14. The fourth-order valence-corrected chi connectivity index (χ4v) is 1.54. The van der Waals surface area contributed by atoms with Crippen molar-refractivity contribution in [2.24, 2.45) is 5.84 Å². The third-order valence-corrected chi connectivity index (χ3v) is 2.44. The van der Waals surface area contributed by atoms with Gasteiger partial charge in [0.15, 0.2) is 5.76 Å². The fraction of sp³-hybridized carbons (Fsp3) is 0.583. The number of furan rings is 1. The van der Waals surface area contributed by atoms with Gasteiger partial charge in [0.25, 0.3) is 0 Å². The topological polar surface area (TPSA) is 77.5 Å². The molecule has 5 nitrogen and oxygen atoms in total. The number of ether oxygens (including phenoxy) is 1. The van der Waals surface area contributed by atoms with Gasteiger partial charge in [-0.25, -0.2) is 5.84 Å². The molecule has 0 spiro atoms. The Kier molecular flexibility index (Phi) is 5.72. The van der Waals surface area contributed by atoms with Crippen molar-refractivity contribution in [3.63, 3.8) is 0 Å². The number of nitrogens with one attached hydrogen (secondary N) is 1. The van der Waals surface area contributed by atoms with E-state index in [2.05, 4.69) is 6.92 Å². The summed E-state index contributed by atoms with van der Waals surface area (Å²) in [7, 11) is 0. The van der Waals surface area contributed by atoms with Crippen LogP contribution in [0.15, 0.2) is 10.5 Å². The average molecular weight is 240 g/mol. The maximum atomic E-state index is 11.3. The van der Waals surface area contributed by atoms with E-state index in [0.717, 1.165) is 18.4 Å². The van der Waals surface area contributed by atoms with Crippen LogP contribution in [-0.2, 0) is 11.3 Å². The highest BCUT2D eigenvalue weighted by atomic mass is 16.5. The number of rotatable bonds is 7. The van der Waals surface area contributed by atoms with Gasteiger partial charge in [-0.05, 0) is 19.4 Å². The van der Waals surface area contributed by atoms with Crippen molar-refractivity contribution in [3.8, 4) is 0 Å². The predicted octanol–water partition coefficient (Wildman–Crippen LogP) is 1.90. The van der Waals surface area contributed by atoms with Gasteiger partial charge in [-0.15, -0.1) is 0 Å². The molecule has 1 aromatic rings. The third-order valence-electron chi connectivity index (χ3n) is 2.44. The van der Waals surface area contributed by atoms with Crippen LogP contribution in [0.4, 0.5) is 0 Å². The number of carbonyl (C=O) groups is 1. The first-order valence-electron chi connectivity index (χ1n) is 5.87. The van der Waals surface area contributed by atoms with Crippen molar-refractivity contribution >= 4 is 5.91 Å². The Bertz CT molecular complexity index is 361. The van der Waals surface area contributed by atoms with Gasteiger partial charge in [0.05, 0.1) is 0 Å². The van der Waals surface area contributed by atoms with Gasteiger partial charge >= 0.3 is 5.91 Å². The minimum absolute atomic E-state index is 0.250. The number of amides is 1. The Hall–Kier alpha value is -1.33. The van der Waals surface area contributed by atoms with Gasteiger partial charge in [0.1, 0.15) is 12.4 Å². The van der Waals surface area contributed by atoms with Crippen molar-refractivity contribution in [2.45, 2.75) is 39.7 Å². The van der Waals surface area contributed by atoms with Crippen LogP contribution in [0.1, 0.15) is 48.1 Å². The number of carbonyl (C=O) groups excluding carboxylic acids is 1. The van der Waals surface area contributed by atoms with E-state index in [4.69, 9.17) is 15.0 Å². The fourth-order valence-electron chi connectivity index (χ4n) is 1.54. The number of hydrazine groups is 1. The maximum absolute atomic E-state index is 11.3. The zero-order chi connectivity index (χ0) is 12.7. The molecule has 0 fully saturated rings. The first-order chi connectivity index (χ1) is 8.19. The summed E-state index contributed by atoms with van der Waals surface area (Å²) in [6.45, 7) is 5.05. The van der Waals surface area contributed by atoms with E-state index in [1.54, 1.807) is 13.0 Å². The summed E-state index contributed by atoms with van der Waals surface area (Å²) in [6.07, 6.45) is 3.38. The number of hydrogen-bond donors (Lipinski definition) is 2. The van der Waals surface area contributed by atoms with E-state index in [1.165, 1.54) is 6.42 Å². The Labute approximate surface area is 101 Å². The molecule has 0 saturated heterocycles. The lowest BCUT2D eigenvalue weighted by Gasteiger charge is -2.00. The average Bonchev–Trinajstić information content (AvgIpc) is 2.69. The molecule has 0 radical (unpaired) electrons. The van der Waals surface area contributed by atoms with E-state index in [1.807, 2.05) is 5.43 Å². The molecule has 1 heterocycles. The molecular formula is C12H20N2O3. The summed E-state index contributed by atoms with van der Waals surface area (Å²) in [5.41, 5.74) is 2.81. The summed E-state index contributed by atoms with van der Waals surface area (Å²) in [4.78, 5) is 11.3. The molecule has 0 bridgehead atoms. The molecule has 0 aliphatic heterocycles. The third kappa shape index (κ3) is 4.20. The lowest BCUT2D eigenvalue weighted by molar-refractivity contribution is 0.0888. The molecule has 3 N–H and O–H groups in total. The second-order valence-electron chi connectivity index (χ2n) is 3.96. The van der Waals surface area contributed by atoms with Crippen LogP contribution < -0.4 is 11.3 Å². The van der Waals surface area contributed by atoms with Gasteiger partial charge in [0.2, 0.25) is 0 Å². The van der Waals surface area contributed by atoms with E-state index in [0.29, 0.717) is 19.0 Å². The molecule has 0 aliphatic carbocycles. The Morgan fingerprint density at radius 2 is 2.29 bits per heavy atom. The summed E-state index contributed by atoms with van der Waals surface area (Å²) in [5.74, 6) is 5.53. The number of nitrogens with two attached hydrogens (primary N) is 1. The number of unbranched alkanes of at least 4 members (excludes halogenated alkanes) is 2. The van der Waals surface area contributed by atoms with Crippen LogP contribution in [0.5, 0.6) is 0 Å². The molecule has 1 aromatic heterocycles. The first kappa shape index (κ1) is 13.7. The molecule has 17 heavy (non-hydrogen) atoms. The lowest BCUT2D eigenvalue weighted by Crippen LogP contribution is -2.30. The van der Waals surface area contributed by atoms with Crippen LogP contribution in [0.2, 0.25) is 0 Å². The van der Waals surface area contributed by atoms with Gasteiger partial charge < -0.3 is 9.15 Å². The van der Waals surface area contributed by atoms with Crippen LogP contribution in [0.25, 0.3) is 0 Å². The summed E-state index contributed by atoms with van der Waals surface area (Å²) in [5, 5.41) is 0. The van der Waals surface area contributed by atoms with Gasteiger partial charge in [-0.3, -0.25) is 10.2 Å². The lowest BCUT2D eigenvalue weighted by atomic mass is 10.2. The second kappa shape index (κ2) is 7.09. The predicted molar refractivity (Wildman–Crippen MR) is 64.3 cm³/mol. The molecule has 5 heteroatoms. The Balaban J connectivity index is 2.42. The standard InChI is InChI=1S/C12H20N2O3/c1-3-4-5-6-16-8-10-7-9(2)11(17-10)12(15)14-13/h7H,3-6,8,13H2,1-2H3,(H,14,15). The summed E-state index contributed by atoms with van der Waals surface area (Å²) in [6, 6.07) is 1.80. The Morgan fingerprint density at radius 1 is 1.53 bits per heavy atom. The number of hydrogen-bond acceptors (Lipinski definition) is 4. The van der Waals surface area contributed by atoms with Gasteiger partial charge in [0, 0.05) is 12.2 Å². The monoisotopic (exact) mass is 240 g/mol. The van der Waals surface area contributed by atoms with Crippen LogP contribution in [0, 0.1) is 6.92 Å². The maximum Gasteiger partial charge on any atom is 0.301 e. The number of nitrogen functional groups attached to an aromatic ring is 1. The largest absolute Gasteiger partial charge is 0.453 e. The normalized spacial score (nSPS) is 10.5. The van der Waals surface area contributed by atoms with Crippen LogP contribution in [0.3, 0.4) is 0 Å². The molecule has 96 valence electrons. The van der Waals surface area contributed by atoms with Crippen molar-refractivity contribution in [1.82, 2.24) is 5.43 Å². The highest BCUT2D eigenvalue weighted by Crippen LogP contribution is 2.15. The zero-order valence-electron chi connectivity index (χ0n) is 10.4. The van der Waals surface area contributed by atoms with Crippen LogP contribution in [-0.4, -0.2) is 12.5 Å². The van der Waals surface area contributed by atoms with Gasteiger partial charge in [-0.2, -0.15) is 0 Å². The van der Waals surface area contributed by atoms with Crippen LogP contribution >= 0.6 is 0 Å². The first-order valence-corrected chi connectivity index (χ1v) is 5.87. The Morgan fingerprint density at radius 3 is 2.94 bits per heavy atom. The minimum atomic E-state index is -0.417. The quantitative estimate of drug-likeness (QED) is 0.330. The molecular weight excluding hydrogens is 220 g/mol.